The van der Waals surface area contributed by atoms with Crippen molar-refractivity contribution in [2.75, 3.05) is 45.9 Å². The second-order valence-corrected chi connectivity index (χ2v) is 6.80. The summed E-state index contributed by atoms with van der Waals surface area (Å²) in [7, 11) is 0. The predicted octanol–water partition coefficient (Wildman–Crippen LogP) is 2.66. The highest BCUT2D eigenvalue weighted by molar-refractivity contribution is 5.14. The standard InChI is InChI=1S/C19H30N2O/c1-17(21-13-15-22-16-14-21)19-8-11-20(12-9-19)10-7-18-5-3-2-4-6-18/h2-6,17,19H,7-16H2,1H3. The summed E-state index contributed by atoms with van der Waals surface area (Å²) in [4.78, 5) is 5.28. The first-order chi connectivity index (χ1) is 10.8. The zero-order chi connectivity index (χ0) is 15.2. The van der Waals surface area contributed by atoms with Crippen molar-refractivity contribution in [3.8, 4) is 0 Å². The van der Waals surface area contributed by atoms with Crippen molar-refractivity contribution in [1.29, 1.82) is 0 Å². The molecule has 2 saturated heterocycles. The summed E-state index contributed by atoms with van der Waals surface area (Å²) < 4.78 is 5.48. The van der Waals surface area contributed by atoms with Crippen molar-refractivity contribution in [1.82, 2.24) is 9.80 Å². The van der Waals surface area contributed by atoms with Gasteiger partial charge >= 0.3 is 0 Å². The van der Waals surface area contributed by atoms with E-state index in [1.54, 1.807) is 0 Å². The second-order valence-electron chi connectivity index (χ2n) is 6.80. The molecule has 0 aliphatic carbocycles. The molecule has 3 heteroatoms. The van der Waals surface area contributed by atoms with Gasteiger partial charge in [-0.3, -0.25) is 4.90 Å². The molecule has 0 N–H and O–H groups in total. The van der Waals surface area contributed by atoms with Crippen LogP contribution in [0.5, 0.6) is 0 Å². The zero-order valence-electron chi connectivity index (χ0n) is 13.9. The SMILES string of the molecule is CC(C1CCN(CCc2ccccc2)CC1)N1CCOCC1. The van der Waals surface area contributed by atoms with Crippen LogP contribution in [0.25, 0.3) is 0 Å². The Bertz CT molecular complexity index is 422. The van der Waals surface area contributed by atoms with Gasteiger partial charge in [-0.2, -0.15) is 0 Å². The van der Waals surface area contributed by atoms with Gasteiger partial charge in [-0.1, -0.05) is 30.3 Å². The third-order valence-electron chi connectivity index (χ3n) is 5.50. The van der Waals surface area contributed by atoms with E-state index in [0.29, 0.717) is 0 Å². The lowest BCUT2D eigenvalue weighted by molar-refractivity contribution is -0.00144. The highest BCUT2D eigenvalue weighted by Crippen LogP contribution is 2.24. The molecule has 2 heterocycles. The molecule has 2 aliphatic heterocycles. The third kappa shape index (κ3) is 4.31. The molecule has 1 unspecified atom stereocenters. The fourth-order valence-electron chi connectivity index (χ4n) is 3.87. The van der Waals surface area contributed by atoms with Gasteiger partial charge in [0.1, 0.15) is 0 Å². The number of benzene rings is 1. The van der Waals surface area contributed by atoms with Crippen LogP contribution in [-0.4, -0.2) is 61.8 Å². The maximum Gasteiger partial charge on any atom is 0.0594 e. The minimum Gasteiger partial charge on any atom is -0.379 e. The zero-order valence-corrected chi connectivity index (χ0v) is 13.9. The minimum atomic E-state index is 0.722. The number of ether oxygens (including phenoxy) is 1. The number of hydrogen-bond donors (Lipinski definition) is 0. The molecule has 3 rings (SSSR count). The van der Waals surface area contributed by atoms with Gasteiger partial charge in [0.15, 0.2) is 0 Å². The minimum absolute atomic E-state index is 0.722. The van der Waals surface area contributed by atoms with Crippen LogP contribution in [0.15, 0.2) is 30.3 Å². The molecule has 122 valence electrons. The number of nitrogens with zero attached hydrogens (tertiary/aromatic N) is 2. The fraction of sp³-hybridized carbons (Fsp3) is 0.684. The van der Waals surface area contributed by atoms with E-state index in [2.05, 4.69) is 47.1 Å². The number of morpholine rings is 1. The van der Waals surface area contributed by atoms with Crippen LogP contribution in [0, 0.1) is 5.92 Å². The van der Waals surface area contributed by atoms with E-state index in [4.69, 9.17) is 4.74 Å². The van der Waals surface area contributed by atoms with Crippen LogP contribution in [0.2, 0.25) is 0 Å². The maximum absolute atomic E-state index is 5.48. The predicted molar refractivity (Wildman–Crippen MR) is 91.2 cm³/mol. The molecule has 0 bridgehead atoms. The smallest absolute Gasteiger partial charge is 0.0594 e. The summed E-state index contributed by atoms with van der Waals surface area (Å²) in [5.74, 6) is 0.867. The number of hydrogen-bond acceptors (Lipinski definition) is 3. The van der Waals surface area contributed by atoms with Crippen LogP contribution >= 0.6 is 0 Å². The van der Waals surface area contributed by atoms with Crippen LogP contribution in [0.4, 0.5) is 0 Å². The van der Waals surface area contributed by atoms with Crippen LogP contribution in [0.3, 0.4) is 0 Å². The first kappa shape index (κ1) is 16.0. The Morgan fingerprint density at radius 1 is 1.05 bits per heavy atom. The van der Waals surface area contributed by atoms with Gasteiger partial charge in [-0.15, -0.1) is 0 Å². The van der Waals surface area contributed by atoms with Crippen molar-refractivity contribution in [2.24, 2.45) is 5.92 Å². The van der Waals surface area contributed by atoms with Gasteiger partial charge in [0, 0.05) is 25.7 Å². The molecular weight excluding hydrogens is 272 g/mol. The molecule has 0 spiro atoms. The van der Waals surface area contributed by atoms with E-state index in [0.717, 1.165) is 38.3 Å². The number of piperidine rings is 1. The van der Waals surface area contributed by atoms with Crippen molar-refractivity contribution in [3.05, 3.63) is 35.9 Å². The molecule has 1 aromatic rings. The van der Waals surface area contributed by atoms with Crippen molar-refractivity contribution in [3.63, 3.8) is 0 Å². The van der Waals surface area contributed by atoms with Gasteiger partial charge in [-0.25, -0.2) is 0 Å². The molecule has 2 aliphatic rings. The molecule has 0 saturated carbocycles. The van der Waals surface area contributed by atoms with E-state index >= 15 is 0 Å². The number of rotatable bonds is 5. The van der Waals surface area contributed by atoms with Crippen molar-refractivity contribution < 1.29 is 4.74 Å². The molecule has 3 nitrogen and oxygen atoms in total. The summed E-state index contributed by atoms with van der Waals surface area (Å²) >= 11 is 0. The van der Waals surface area contributed by atoms with E-state index in [-0.39, 0.29) is 0 Å². The average Bonchev–Trinajstić information content (AvgIpc) is 2.61. The monoisotopic (exact) mass is 302 g/mol. The van der Waals surface area contributed by atoms with Crippen LogP contribution < -0.4 is 0 Å². The highest BCUT2D eigenvalue weighted by Gasteiger charge is 2.28. The molecular formula is C19H30N2O. The topological polar surface area (TPSA) is 15.7 Å². The lowest BCUT2D eigenvalue weighted by Gasteiger charge is -2.41. The van der Waals surface area contributed by atoms with Gasteiger partial charge in [0.05, 0.1) is 13.2 Å². The number of likely N-dealkylation sites (tertiary alicyclic amines) is 1. The van der Waals surface area contributed by atoms with Gasteiger partial charge in [-0.05, 0) is 50.8 Å². The van der Waals surface area contributed by atoms with E-state index in [1.165, 1.54) is 44.5 Å². The van der Waals surface area contributed by atoms with Gasteiger partial charge in [0.25, 0.3) is 0 Å². The Hall–Kier alpha value is -0.900. The normalized spacial score (nSPS) is 23.5. The summed E-state index contributed by atoms with van der Waals surface area (Å²) in [5.41, 5.74) is 1.46. The molecule has 0 amide bonds. The Kier molecular flexibility index (Phi) is 5.88. The third-order valence-corrected chi connectivity index (χ3v) is 5.50. The summed E-state index contributed by atoms with van der Waals surface area (Å²) in [5, 5.41) is 0. The Labute approximate surface area is 135 Å². The average molecular weight is 302 g/mol. The van der Waals surface area contributed by atoms with E-state index in [1.807, 2.05) is 0 Å². The lowest BCUT2D eigenvalue weighted by atomic mass is 9.89. The first-order valence-electron chi connectivity index (χ1n) is 8.91. The molecule has 1 aromatic carbocycles. The van der Waals surface area contributed by atoms with E-state index in [9.17, 15) is 0 Å². The molecule has 1 atom stereocenters. The second kappa shape index (κ2) is 8.09. The van der Waals surface area contributed by atoms with Crippen LogP contribution in [0.1, 0.15) is 25.3 Å². The van der Waals surface area contributed by atoms with Crippen molar-refractivity contribution >= 4 is 0 Å². The lowest BCUT2D eigenvalue weighted by Crippen LogP contribution is -2.48. The van der Waals surface area contributed by atoms with Crippen LogP contribution in [-0.2, 0) is 11.2 Å². The van der Waals surface area contributed by atoms with E-state index < -0.39 is 0 Å². The first-order valence-corrected chi connectivity index (χ1v) is 8.91. The molecule has 0 aromatic heterocycles. The molecule has 22 heavy (non-hydrogen) atoms. The van der Waals surface area contributed by atoms with Crippen molar-refractivity contribution in [2.45, 2.75) is 32.2 Å². The maximum atomic E-state index is 5.48. The quantitative estimate of drug-likeness (QED) is 0.832. The Morgan fingerprint density at radius 3 is 2.41 bits per heavy atom. The largest absolute Gasteiger partial charge is 0.379 e. The Balaban J connectivity index is 1.40. The van der Waals surface area contributed by atoms with Gasteiger partial charge in [0.2, 0.25) is 0 Å². The summed E-state index contributed by atoms with van der Waals surface area (Å²) in [6.45, 7) is 10.3. The molecule has 2 fully saturated rings. The van der Waals surface area contributed by atoms with Gasteiger partial charge < -0.3 is 9.64 Å². The molecule has 0 radical (unpaired) electrons. The summed E-state index contributed by atoms with van der Waals surface area (Å²) in [6.07, 6.45) is 3.89. The fourth-order valence-corrected chi connectivity index (χ4v) is 3.87. The summed E-state index contributed by atoms with van der Waals surface area (Å²) in [6, 6.07) is 11.6. The highest BCUT2D eigenvalue weighted by atomic mass is 16.5. The Morgan fingerprint density at radius 2 is 1.73 bits per heavy atom.